The molecule has 0 aliphatic rings. The average Bonchev–Trinajstić information content (AvgIpc) is 2.54. The van der Waals surface area contributed by atoms with Gasteiger partial charge in [0.15, 0.2) is 0 Å². The van der Waals surface area contributed by atoms with Crippen molar-refractivity contribution in [2.45, 2.75) is 26.2 Å². The first-order valence-corrected chi connectivity index (χ1v) is 7.44. The zero-order valence-corrected chi connectivity index (χ0v) is 13.6. The van der Waals surface area contributed by atoms with Gasteiger partial charge in [-0.1, -0.05) is 36.3 Å². The van der Waals surface area contributed by atoms with Gasteiger partial charge in [0.05, 0.1) is 19.4 Å². The molecule has 0 bridgehead atoms. The van der Waals surface area contributed by atoms with Gasteiger partial charge in [0.1, 0.15) is 5.75 Å². The first-order chi connectivity index (χ1) is 11.0. The van der Waals surface area contributed by atoms with Crippen LogP contribution in [0.5, 0.6) is 5.75 Å². The maximum absolute atomic E-state index is 11.0. The lowest BCUT2D eigenvalue weighted by Gasteiger charge is -2.12. The molecule has 118 valence electrons. The minimum absolute atomic E-state index is 0.0156. The lowest BCUT2D eigenvalue weighted by atomic mass is 9.93. The molecule has 23 heavy (non-hydrogen) atoms. The van der Waals surface area contributed by atoms with E-state index in [2.05, 4.69) is 11.8 Å². The normalized spacial score (nSPS) is 11.3. The van der Waals surface area contributed by atoms with Gasteiger partial charge in [-0.2, -0.15) is 0 Å². The van der Waals surface area contributed by atoms with Crippen molar-refractivity contribution in [3.05, 3.63) is 53.6 Å². The Morgan fingerprint density at radius 2 is 1.91 bits per heavy atom. The highest BCUT2D eigenvalue weighted by atomic mass is 16.5. The first-order valence-electron chi connectivity index (χ1n) is 7.44. The second kappa shape index (κ2) is 7.51. The van der Waals surface area contributed by atoms with E-state index in [1.165, 1.54) is 0 Å². The Balaban J connectivity index is 2.31. The summed E-state index contributed by atoms with van der Waals surface area (Å²) in [6.45, 7) is 3.77. The van der Waals surface area contributed by atoms with E-state index in [0.717, 1.165) is 28.0 Å². The van der Waals surface area contributed by atoms with E-state index in [9.17, 15) is 4.79 Å². The van der Waals surface area contributed by atoms with Gasteiger partial charge >= 0.3 is 5.97 Å². The monoisotopic (exact) mass is 308 g/mol. The van der Waals surface area contributed by atoms with Crippen LogP contribution in [0.4, 0.5) is 0 Å². The number of ether oxygens (including phenoxy) is 1. The largest absolute Gasteiger partial charge is 0.497 e. The molecule has 2 aromatic rings. The molecule has 0 aliphatic heterocycles. The van der Waals surface area contributed by atoms with E-state index in [0.29, 0.717) is 0 Å². The van der Waals surface area contributed by atoms with Crippen LogP contribution in [0.2, 0.25) is 0 Å². The number of aryl methyl sites for hydroxylation is 1. The molecule has 0 fully saturated rings. The Labute approximate surface area is 136 Å². The molecule has 3 nitrogen and oxygen atoms in total. The Bertz CT molecular complexity index is 749. The minimum atomic E-state index is -0.840. The highest BCUT2D eigenvalue weighted by Gasteiger charge is 2.13. The summed E-state index contributed by atoms with van der Waals surface area (Å²) < 4.78 is 5.23. The number of methoxy groups -OCH3 is 1. The topological polar surface area (TPSA) is 46.5 Å². The van der Waals surface area contributed by atoms with E-state index < -0.39 is 5.97 Å². The molecule has 0 spiro atoms. The van der Waals surface area contributed by atoms with Gasteiger partial charge in [-0.25, -0.2) is 0 Å². The molecule has 0 saturated carbocycles. The Morgan fingerprint density at radius 1 is 1.22 bits per heavy atom. The van der Waals surface area contributed by atoms with Crippen LogP contribution in [0, 0.1) is 18.8 Å². The van der Waals surface area contributed by atoms with Gasteiger partial charge in [0, 0.05) is 0 Å². The van der Waals surface area contributed by atoms with Gasteiger partial charge in [-0.3, -0.25) is 4.79 Å². The molecular weight excluding hydrogens is 288 g/mol. The molecule has 0 saturated heterocycles. The van der Waals surface area contributed by atoms with Crippen LogP contribution < -0.4 is 4.74 Å². The maximum atomic E-state index is 11.0. The number of carboxylic acids is 1. The van der Waals surface area contributed by atoms with Crippen molar-refractivity contribution in [3.8, 4) is 28.7 Å². The molecule has 0 heterocycles. The van der Waals surface area contributed by atoms with Crippen LogP contribution in [0.15, 0.2) is 42.5 Å². The quantitative estimate of drug-likeness (QED) is 0.840. The first kappa shape index (κ1) is 16.6. The lowest BCUT2D eigenvalue weighted by Crippen LogP contribution is -2.04. The smallest absolute Gasteiger partial charge is 0.304 e. The summed E-state index contributed by atoms with van der Waals surface area (Å²) in [6, 6.07) is 13.9. The van der Waals surface area contributed by atoms with Crippen molar-refractivity contribution in [2.75, 3.05) is 7.11 Å². The maximum Gasteiger partial charge on any atom is 0.304 e. The van der Waals surface area contributed by atoms with E-state index in [1.807, 2.05) is 49.4 Å². The van der Waals surface area contributed by atoms with Crippen molar-refractivity contribution in [2.24, 2.45) is 0 Å². The molecule has 2 rings (SSSR count). The predicted octanol–water partition coefficient (Wildman–Crippen LogP) is 4.25. The molecule has 2 aromatic carbocycles. The van der Waals surface area contributed by atoms with Crippen LogP contribution in [-0.2, 0) is 4.79 Å². The standard InChI is InChI=1S/C20H20O3/c1-4-5-17(13-20(21)22)15-6-8-16(9-7-15)19-11-10-18(23-3)12-14(19)2/h6-12,17H,13H2,1-3H3,(H,21,22). The summed E-state index contributed by atoms with van der Waals surface area (Å²) >= 11 is 0. The number of benzene rings is 2. The molecule has 0 aromatic heterocycles. The van der Waals surface area contributed by atoms with Crippen molar-refractivity contribution in [1.82, 2.24) is 0 Å². The highest BCUT2D eigenvalue weighted by Crippen LogP contribution is 2.28. The second-order valence-corrected chi connectivity index (χ2v) is 5.35. The Morgan fingerprint density at radius 3 is 2.43 bits per heavy atom. The summed E-state index contributed by atoms with van der Waals surface area (Å²) in [6.07, 6.45) is 0.0156. The minimum Gasteiger partial charge on any atom is -0.497 e. The fourth-order valence-electron chi connectivity index (χ4n) is 2.58. The summed E-state index contributed by atoms with van der Waals surface area (Å²) in [4.78, 5) is 11.0. The molecule has 0 amide bonds. The van der Waals surface area contributed by atoms with Gasteiger partial charge in [0.25, 0.3) is 0 Å². The van der Waals surface area contributed by atoms with Crippen LogP contribution in [0.25, 0.3) is 11.1 Å². The molecule has 0 radical (unpaired) electrons. The fourth-order valence-corrected chi connectivity index (χ4v) is 2.58. The Hall–Kier alpha value is -2.73. The SMILES string of the molecule is CC#CC(CC(=O)O)c1ccc(-c2ccc(OC)cc2C)cc1. The zero-order valence-electron chi connectivity index (χ0n) is 13.6. The summed E-state index contributed by atoms with van der Waals surface area (Å²) in [5, 5.41) is 9.01. The van der Waals surface area contributed by atoms with Crippen molar-refractivity contribution in [1.29, 1.82) is 0 Å². The van der Waals surface area contributed by atoms with E-state index in [-0.39, 0.29) is 12.3 Å². The number of carbonyl (C=O) groups is 1. The molecular formula is C20H20O3. The Kier molecular flexibility index (Phi) is 5.43. The van der Waals surface area contributed by atoms with Crippen molar-refractivity contribution in [3.63, 3.8) is 0 Å². The number of hydrogen-bond donors (Lipinski definition) is 1. The molecule has 3 heteroatoms. The van der Waals surface area contributed by atoms with Gasteiger partial charge in [0.2, 0.25) is 0 Å². The molecule has 1 N–H and O–H groups in total. The summed E-state index contributed by atoms with van der Waals surface area (Å²) in [5.41, 5.74) is 4.28. The van der Waals surface area contributed by atoms with Crippen LogP contribution in [0.1, 0.15) is 30.4 Å². The summed E-state index contributed by atoms with van der Waals surface area (Å²) in [5.74, 6) is 5.50. The average molecular weight is 308 g/mol. The number of hydrogen-bond acceptors (Lipinski definition) is 2. The number of carboxylic acid groups (broad SMARTS) is 1. The van der Waals surface area contributed by atoms with E-state index in [1.54, 1.807) is 14.0 Å². The molecule has 1 unspecified atom stereocenters. The molecule has 1 atom stereocenters. The second-order valence-electron chi connectivity index (χ2n) is 5.35. The van der Waals surface area contributed by atoms with Gasteiger partial charge in [-0.05, 0) is 48.2 Å². The van der Waals surface area contributed by atoms with Gasteiger partial charge < -0.3 is 9.84 Å². The highest BCUT2D eigenvalue weighted by molar-refractivity contribution is 5.70. The zero-order chi connectivity index (χ0) is 16.8. The lowest BCUT2D eigenvalue weighted by molar-refractivity contribution is -0.137. The van der Waals surface area contributed by atoms with Crippen molar-refractivity contribution >= 4 is 5.97 Å². The van der Waals surface area contributed by atoms with Crippen LogP contribution >= 0.6 is 0 Å². The molecule has 0 aliphatic carbocycles. The third-order valence-corrected chi connectivity index (χ3v) is 3.75. The third kappa shape index (κ3) is 4.14. The fraction of sp³-hybridized carbons (Fsp3) is 0.250. The third-order valence-electron chi connectivity index (χ3n) is 3.75. The van der Waals surface area contributed by atoms with E-state index >= 15 is 0 Å². The predicted molar refractivity (Wildman–Crippen MR) is 91.6 cm³/mol. The number of aliphatic carboxylic acids is 1. The van der Waals surface area contributed by atoms with Crippen LogP contribution in [-0.4, -0.2) is 18.2 Å². The summed E-state index contributed by atoms with van der Waals surface area (Å²) in [7, 11) is 1.65. The number of rotatable bonds is 5. The van der Waals surface area contributed by atoms with Crippen LogP contribution in [0.3, 0.4) is 0 Å². The van der Waals surface area contributed by atoms with Gasteiger partial charge in [-0.15, -0.1) is 5.92 Å². The van der Waals surface area contributed by atoms with Crippen molar-refractivity contribution < 1.29 is 14.6 Å². The van der Waals surface area contributed by atoms with E-state index in [4.69, 9.17) is 9.84 Å².